The lowest BCUT2D eigenvalue weighted by Gasteiger charge is -2.18. The number of carbonyl (C=O) groups excluding carboxylic acids is 2. The third kappa shape index (κ3) is 9.60. The van der Waals surface area contributed by atoms with Gasteiger partial charge in [0.2, 0.25) is 5.91 Å². The number of esters is 1. The molecule has 0 aliphatic rings. The zero-order valence-corrected chi connectivity index (χ0v) is 18.7. The van der Waals surface area contributed by atoms with E-state index in [2.05, 4.69) is 5.32 Å². The van der Waals surface area contributed by atoms with E-state index < -0.39 is 37.2 Å². The second-order valence-electron chi connectivity index (χ2n) is 7.23. The Hall–Kier alpha value is -4.08. The first-order chi connectivity index (χ1) is 16.3. The Morgan fingerprint density at radius 3 is 1.79 bits per heavy atom. The summed E-state index contributed by atoms with van der Waals surface area (Å²) in [6, 6.07) is 12.4. The van der Waals surface area contributed by atoms with E-state index in [0.717, 1.165) is 11.1 Å². The molecule has 182 valence electrons. The van der Waals surface area contributed by atoms with Crippen LogP contribution in [0.25, 0.3) is 0 Å². The Labute approximate surface area is 196 Å². The number of aryl methyl sites for hydroxylation is 1. The van der Waals surface area contributed by atoms with Crippen molar-refractivity contribution in [1.29, 1.82) is 0 Å². The highest BCUT2D eigenvalue weighted by atomic mass is 16.5. The van der Waals surface area contributed by atoms with Crippen LogP contribution in [0.15, 0.2) is 48.5 Å². The van der Waals surface area contributed by atoms with Crippen LogP contribution in [0.5, 0.6) is 11.5 Å². The van der Waals surface area contributed by atoms with E-state index in [9.17, 15) is 19.2 Å². The molecule has 0 aliphatic heterocycles. The largest absolute Gasteiger partial charge is 0.482 e. The summed E-state index contributed by atoms with van der Waals surface area (Å²) >= 11 is 0. The van der Waals surface area contributed by atoms with Crippen LogP contribution in [0.3, 0.4) is 0 Å². The molecule has 10 nitrogen and oxygen atoms in total. The summed E-state index contributed by atoms with van der Waals surface area (Å²) in [7, 11) is 0. The molecule has 0 radical (unpaired) electrons. The number of amides is 1. The van der Waals surface area contributed by atoms with Crippen LogP contribution in [-0.2, 0) is 36.8 Å². The Kier molecular flexibility index (Phi) is 10.4. The van der Waals surface area contributed by atoms with Crippen molar-refractivity contribution in [2.45, 2.75) is 32.2 Å². The number of carbonyl (C=O) groups is 4. The second-order valence-corrected chi connectivity index (χ2v) is 7.23. The number of aliphatic carboxylic acids is 2. The summed E-state index contributed by atoms with van der Waals surface area (Å²) in [5.74, 6) is -2.25. The zero-order chi connectivity index (χ0) is 24.9. The van der Waals surface area contributed by atoms with E-state index in [1.807, 2.05) is 0 Å². The predicted molar refractivity (Wildman–Crippen MR) is 120 cm³/mol. The lowest BCUT2D eigenvalue weighted by Crippen LogP contribution is -2.43. The molecule has 2 aromatic carbocycles. The average Bonchev–Trinajstić information content (AvgIpc) is 2.81. The van der Waals surface area contributed by atoms with Gasteiger partial charge in [0.1, 0.15) is 17.5 Å². The summed E-state index contributed by atoms with van der Waals surface area (Å²) in [5, 5.41) is 20.0. The van der Waals surface area contributed by atoms with E-state index in [4.69, 9.17) is 24.4 Å². The standard InChI is InChI=1S/C24H27NO9/c1-2-32-24(31)20(13-17-5-10-19(11-6-17)34-15-23(29)30)25-21(26)12-7-16-3-8-18(9-4-16)33-14-22(27)28/h3-6,8-11,20H,2,7,12-15H2,1H3,(H,25,26)(H,27,28)(H,29,30)/t20-/m0/s1. The van der Waals surface area contributed by atoms with Crippen molar-refractivity contribution in [3.63, 3.8) is 0 Å². The number of benzene rings is 2. The molecule has 0 fully saturated rings. The van der Waals surface area contributed by atoms with E-state index in [0.29, 0.717) is 17.9 Å². The van der Waals surface area contributed by atoms with Gasteiger partial charge in [-0.2, -0.15) is 0 Å². The predicted octanol–water partition coefficient (Wildman–Crippen LogP) is 1.84. The zero-order valence-electron chi connectivity index (χ0n) is 18.7. The molecule has 0 saturated heterocycles. The number of carboxylic acids is 2. The SMILES string of the molecule is CCOC(=O)[C@H](Cc1ccc(OCC(=O)O)cc1)NC(=O)CCc1ccc(OCC(=O)O)cc1. The maximum absolute atomic E-state index is 12.5. The van der Waals surface area contributed by atoms with E-state index in [-0.39, 0.29) is 25.4 Å². The number of hydrogen-bond acceptors (Lipinski definition) is 7. The fourth-order valence-electron chi connectivity index (χ4n) is 2.96. The molecule has 0 heterocycles. The molecule has 2 rings (SSSR count). The van der Waals surface area contributed by atoms with Crippen LogP contribution < -0.4 is 14.8 Å². The molecule has 3 N–H and O–H groups in total. The molecule has 0 aliphatic carbocycles. The van der Waals surface area contributed by atoms with Gasteiger partial charge in [-0.25, -0.2) is 14.4 Å². The molecule has 1 atom stereocenters. The average molecular weight is 473 g/mol. The van der Waals surface area contributed by atoms with Gasteiger partial charge in [-0.05, 0) is 48.7 Å². The molecule has 34 heavy (non-hydrogen) atoms. The topological polar surface area (TPSA) is 148 Å². The summed E-state index contributed by atoms with van der Waals surface area (Å²) in [4.78, 5) is 46.0. The van der Waals surface area contributed by atoms with Crippen LogP contribution in [-0.4, -0.2) is 59.9 Å². The molecule has 1 amide bonds. The van der Waals surface area contributed by atoms with Gasteiger partial charge in [0.05, 0.1) is 6.61 Å². The van der Waals surface area contributed by atoms with Gasteiger partial charge in [0.25, 0.3) is 0 Å². The molecule has 10 heteroatoms. The Morgan fingerprint density at radius 2 is 1.32 bits per heavy atom. The maximum Gasteiger partial charge on any atom is 0.341 e. The maximum atomic E-state index is 12.5. The Morgan fingerprint density at radius 1 is 0.824 bits per heavy atom. The number of ether oxygens (including phenoxy) is 3. The van der Waals surface area contributed by atoms with Crippen LogP contribution >= 0.6 is 0 Å². The van der Waals surface area contributed by atoms with E-state index >= 15 is 0 Å². The highest BCUT2D eigenvalue weighted by molar-refractivity contribution is 5.84. The molecule has 0 saturated carbocycles. The Bertz CT molecular complexity index is 971. The summed E-state index contributed by atoms with van der Waals surface area (Å²) in [6.07, 6.45) is 0.739. The molecule has 2 aromatic rings. The van der Waals surface area contributed by atoms with Gasteiger partial charge >= 0.3 is 17.9 Å². The van der Waals surface area contributed by atoms with Crippen molar-refractivity contribution >= 4 is 23.8 Å². The van der Waals surface area contributed by atoms with Gasteiger partial charge in [0.15, 0.2) is 13.2 Å². The number of rotatable bonds is 14. The molecule has 0 aromatic heterocycles. The summed E-state index contributed by atoms with van der Waals surface area (Å²) < 4.78 is 15.2. The molecular formula is C24H27NO9. The number of carboxylic acid groups (broad SMARTS) is 2. The highest BCUT2D eigenvalue weighted by Crippen LogP contribution is 2.15. The third-order valence-electron chi connectivity index (χ3n) is 4.56. The Balaban J connectivity index is 1.91. The molecule has 0 spiro atoms. The van der Waals surface area contributed by atoms with Gasteiger partial charge in [-0.3, -0.25) is 4.79 Å². The first-order valence-electron chi connectivity index (χ1n) is 10.6. The lowest BCUT2D eigenvalue weighted by molar-refractivity contribution is -0.147. The van der Waals surface area contributed by atoms with Crippen molar-refractivity contribution in [2.24, 2.45) is 0 Å². The molecule has 0 unspecified atom stereocenters. The minimum atomic E-state index is -1.09. The van der Waals surface area contributed by atoms with Crippen LogP contribution in [0.1, 0.15) is 24.5 Å². The quantitative estimate of drug-likeness (QED) is 0.349. The van der Waals surface area contributed by atoms with E-state index in [1.54, 1.807) is 55.5 Å². The monoisotopic (exact) mass is 473 g/mol. The minimum absolute atomic E-state index is 0.132. The van der Waals surface area contributed by atoms with Crippen LogP contribution in [0, 0.1) is 0 Å². The van der Waals surface area contributed by atoms with Gasteiger partial charge in [0, 0.05) is 12.8 Å². The van der Waals surface area contributed by atoms with Gasteiger partial charge < -0.3 is 29.7 Å². The lowest BCUT2D eigenvalue weighted by atomic mass is 10.0. The normalized spacial score (nSPS) is 11.2. The summed E-state index contributed by atoms with van der Waals surface area (Å²) in [5.41, 5.74) is 1.58. The second kappa shape index (κ2) is 13.5. The number of hydrogen-bond donors (Lipinski definition) is 3. The minimum Gasteiger partial charge on any atom is -0.482 e. The molecule has 0 bridgehead atoms. The van der Waals surface area contributed by atoms with E-state index in [1.165, 1.54) is 0 Å². The van der Waals surface area contributed by atoms with Crippen molar-refractivity contribution < 1.29 is 43.6 Å². The third-order valence-corrected chi connectivity index (χ3v) is 4.56. The smallest absolute Gasteiger partial charge is 0.341 e. The van der Waals surface area contributed by atoms with Crippen molar-refractivity contribution in [2.75, 3.05) is 19.8 Å². The first-order valence-corrected chi connectivity index (χ1v) is 10.6. The van der Waals surface area contributed by atoms with Crippen molar-refractivity contribution in [1.82, 2.24) is 5.32 Å². The number of nitrogens with one attached hydrogen (secondary N) is 1. The van der Waals surface area contributed by atoms with Gasteiger partial charge in [-0.15, -0.1) is 0 Å². The van der Waals surface area contributed by atoms with Crippen LogP contribution in [0.2, 0.25) is 0 Å². The first kappa shape index (κ1) is 26.2. The molecular weight excluding hydrogens is 446 g/mol. The summed E-state index contributed by atoms with van der Waals surface area (Å²) in [6.45, 7) is 0.951. The van der Waals surface area contributed by atoms with Crippen molar-refractivity contribution in [3.8, 4) is 11.5 Å². The van der Waals surface area contributed by atoms with Crippen molar-refractivity contribution in [3.05, 3.63) is 59.7 Å². The highest BCUT2D eigenvalue weighted by Gasteiger charge is 2.22. The fourth-order valence-corrected chi connectivity index (χ4v) is 2.96. The van der Waals surface area contributed by atoms with Crippen LogP contribution in [0.4, 0.5) is 0 Å². The van der Waals surface area contributed by atoms with Gasteiger partial charge in [-0.1, -0.05) is 24.3 Å². The fraction of sp³-hybridized carbons (Fsp3) is 0.333.